The first kappa shape index (κ1) is 20.3. The molecular weight excluding hydrogens is 376 g/mol. The van der Waals surface area contributed by atoms with Gasteiger partial charge in [0.2, 0.25) is 15.2 Å². The topological polar surface area (TPSA) is 110 Å². The van der Waals surface area contributed by atoms with Gasteiger partial charge in [0, 0.05) is 18.0 Å². The van der Waals surface area contributed by atoms with Crippen LogP contribution >= 0.6 is 11.3 Å². The van der Waals surface area contributed by atoms with Crippen LogP contribution in [0, 0.1) is 0 Å². The van der Waals surface area contributed by atoms with E-state index in [1.54, 1.807) is 13.8 Å². The van der Waals surface area contributed by atoms with Gasteiger partial charge >= 0.3 is 0 Å². The molecule has 1 amide bonds. The molecule has 2 aromatic rings. The second-order valence-corrected chi connectivity index (χ2v) is 8.59. The SMILES string of the molecule is CCCc1nnc(NC(=O)c2ccc(OC)c(S(=O)(=O)NC(C)C)c2)s1. The molecule has 0 aliphatic rings. The van der Waals surface area contributed by atoms with Crippen LogP contribution in [0.5, 0.6) is 5.75 Å². The molecule has 0 atom stereocenters. The van der Waals surface area contributed by atoms with Crippen molar-refractivity contribution in [1.82, 2.24) is 14.9 Å². The minimum absolute atomic E-state index is 0.0923. The number of carbonyl (C=O) groups excluding carboxylic acids is 1. The second-order valence-electron chi connectivity index (χ2n) is 5.85. The summed E-state index contributed by atoms with van der Waals surface area (Å²) in [5.74, 6) is -0.302. The van der Waals surface area contributed by atoms with Gasteiger partial charge in [-0.1, -0.05) is 18.3 Å². The van der Waals surface area contributed by atoms with Crippen LogP contribution < -0.4 is 14.8 Å². The Morgan fingerprint density at radius 3 is 2.65 bits per heavy atom. The van der Waals surface area contributed by atoms with E-state index in [2.05, 4.69) is 20.2 Å². The third-order valence-corrected chi connectivity index (χ3v) is 5.84. The van der Waals surface area contributed by atoms with Gasteiger partial charge in [-0.05, 0) is 38.5 Å². The fourth-order valence-corrected chi connectivity index (χ4v) is 4.47. The van der Waals surface area contributed by atoms with Gasteiger partial charge in [0.05, 0.1) is 7.11 Å². The molecule has 1 aromatic carbocycles. The van der Waals surface area contributed by atoms with E-state index in [0.717, 1.165) is 17.8 Å². The van der Waals surface area contributed by atoms with Crippen molar-refractivity contribution >= 4 is 32.4 Å². The van der Waals surface area contributed by atoms with E-state index in [9.17, 15) is 13.2 Å². The van der Waals surface area contributed by atoms with Crippen molar-refractivity contribution in [2.24, 2.45) is 0 Å². The van der Waals surface area contributed by atoms with Crippen molar-refractivity contribution in [2.75, 3.05) is 12.4 Å². The lowest BCUT2D eigenvalue weighted by Crippen LogP contribution is -2.30. The summed E-state index contributed by atoms with van der Waals surface area (Å²) < 4.78 is 32.6. The molecule has 2 rings (SSSR count). The first-order valence-corrected chi connectivity index (χ1v) is 10.4. The molecule has 1 aromatic heterocycles. The number of carbonyl (C=O) groups is 1. The summed E-state index contributed by atoms with van der Waals surface area (Å²) in [6, 6.07) is 3.94. The summed E-state index contributed by atoms with van der Waals surface area (Å²) in [5, 5.41) is 11.8. The van der Waals surface area contributed by atoms with Crippen LogP contribution in [0.2, 0.25) is 0 Å². The number of aromatic nitrogens is 2. The number of hydrogen-bond acceptors (Lipinski definition) is 7. The third-order valence-electron chi connectivity index (χ3n) is 3.26. The van der Waals surface area contributed by atoms with Gasteiger partial charge in [0.15, 0.2) is 0 Å². The van der Waals surface area contributed by atoms with Crippen molar-refractivity contribution < 1.29 is 17.9 Å². The highest BCUT2D eigenvalue weighted by atomic mass is 32.2. The maximum Gasteiger partial charge on any atom is 0.257 e. The summed E-state index contributed by atoms with van der Waals surface area (Å²) in [6.45, 7) is 5.46. The van der Waals surface area contributed by atoms with Crippen LogP contribution in [0.4, 0.5) is 5.13 Å². The number of hydrogen-bond donors (Lipinski definition) is 2. The molecule has 0 bridgehead atoms. The highest BCUT2D eigenvalue weighted by molar-refractivity contribution is 7.89. The lowest BCUT2D eigenvalue weighted by Gasteiger charge is -2.13. The fourth-order valence-electron chi connectivity index (χ4n) is 2.19. The number of rotatable bonds is 8. The Balaban J connectivity index is 2.29. The fraction of sp³-hybridized carbons (Fsp3) is 0.438. The van der Waals surface area contributed by atoms with Crippen molar-refractivity contribution in [3.63, 3.8) is 0 Å². The largest absolute Gasteiger partial charge is 0.495 e. The Hall–Kier alpha value is -2.04. The Morgan fingerprint density at radius 1 is 1.31 bits per heavy atom. The number of amides is 1. The van der Waals surface area contributed by atoms with Gasteiger partial charge in [-0.15, -0.1) is 10.2 Å². The number of ether oxygens (including phenoxy) is 1. The van der Waals surface area contributed by atoms with E-state index >= 15 is 0 Å². The molecule has 26 heavy (non-hydrogen) atoms. The van der Waals surface area contributed by atoms with Crippen molar-refractivity contribution in [2.45, 2.75) is 44.6 Å². The zero-order valence-corrected chi connectivity index (χ0v) is 16.7. The molecule has 10 heteroatoms. The highest BCUT2D eigenvalue weighted by Gasteiger charge is 2.22. The maximum atomic E-state index is 12.5. The summed E-state index contributed by atoms with van der Waals surface area (Å²) in [4.78, 5) is 12.4. The highest BCUT2D eigenvalue weighted by Crippen LogP contribution is 2.26. The minimum Gasteiger partial charge on any atom is -0.495 e. The van der Waals surface area contributed by atoms with Gasteiger partial charge in [-0.2, -0.15) is 0 Å². The molecule has 0 unspecified atom stereocenters. The van der Waals surface area contributed by atoms with Gasteiger partial charge in [0.25, 0.3) is 5.91 Å². The van der Waals surface area contributed by atoms with Gasteiger partial charge < -0.3 is 4.74 Å². The molecule has 0 saturated heterocycles. The lowest BCUT2D eigenvalue weighted by atomic mass is 10.2. The monoisotopic (exact) mass is 398 g/mol. The van der Waals surface area contributed by atoms with Crippen LogP contribution in [0.15, 0.2) is 23.1 Å². The van der Waals surface area contributed by atoms with Crippen molar-refractivity contribution in [3.05, 3.63) is 28.8 Å². The molecule has 0 radical (unpaired) electrons. The predicted molar refractivity (Wildman–Crippen MR) is 100 cm³/mol. The van der Waals surface area contributed by atoms with Crippen molar-refractivity contribution in [1.29, 1.82) is 0 Å². The van der Waals surface area contributed by atoms with Crippen LogP contribution in [0.1, 0.15) is 42.6 Å². The van der Waals surface area contributed by atoms with Crippen LogP contribution in [0.25, 0.3) is 0 Å². The van der Waals surface area contributed by atoms with Crippen LogP contribution in [0.3, 0.4) is 0 Å². The molecule has 1 heterocycles. The molecule has 0 fully saturated rings. The maximum absolute atomic E-state index is 12.5. The number of nitrogens with zero attached hydrogens (tertiary/aromatic N) is 2. The lowest BCUT2D eigenvalue weighted by molar-refractivity contribution is 0.102. The molecule has 8 nitrogen and oxygen atoms in total. The number of sulfonamides is 1. The van der Waals surface area contributed by atoms with Gasteiger partial charge in [0.1, 0.15) is 15.7 Å². The van der Waals surface area contributed by atoms with Gasteiger partial charge in [-0.3, -0.25) is 10.1 Å². The van der Waals surface area contributed by atoms with E-state index in [0.29, 0.717) is 5.13 Å². The Labute approximate surface area is 157 Å². The van der Waals surface area contributed by atoms with Gasteiger partial charge in [-0.25, -0.2) is 13.1 Å². The van der Waals surface area contributed by atoms with Crippen LogP contribution in [-0.4, -0.2) is 37.7 Å². The molecule has 142 valence electrons. The number of anilines is 1. The molecule has 0 saturated carbocycles. The summed E-state index contributed by atoms with van der Waals surface area (Å²) in [7, 11) is -2.44. The number of methoxy groups -OCH3 is 1. The minimum atomic E-state index is -3.81. The molecule has 0 aliphatic carbocycles. The van der Waals surface area contributed by atoms with E-state index in [1.807, 2.05) is 6.92 Å². The number of aryl methyl sites for hydroxylation is 1. The van der Waals surface area contributed by atoms with E-state index in [4.69, 9.17) is 4.74 Å². The van der Waals surface area contributed by atoms with Crippen LogP contribution in [-0.2, 0) is 16.4 Å². The summed E-state index contributed by atoms with van der Waals surface area (Å²) in [5.41, 5.74) is 0.183. The number of nitrogens with one attached hydrogen (secondary N) is 2. The standard InChI is InChI=1S/C16H22N4O4S2/c1-5-6-14-18-19-16(25-14)17-15(21)11-7-8-12(24-4)13(9-11)26(22,23)20-10(2)3/h7-10,20H,5-6H2,1-4H3,(H,17,19,21). The molecule has 0 aliphatic heterocycles. The first-order chi connectivity index (χ1) is 12.3. The zero-order valence-electron chi connectivity index (χ0n) is 15.1. The second kappa shape index (κ2) is 8.56. The molecule has 2 N–H and O–H groups in total. The van der Waals surface area contributed by atoms with E-state index in [1.165, 1.54) is 36.6 Å². The first-order valence-electron chi connectivity index (χ1n) is 8.11. The number of benzene rings is 1. The average molecular weight is 399 g/mol. The predicted octanol–water partition coefficient (Wildman–Crippen LogP) is 2.44. The Kier molecular flexibility index (Phi) is 6.68. The van der Waals surface area contributed by atoms with E-state index < -0.39 is 15.9 Å². The molecule has 0 spiro atoms. The third kappa shape index (κ3) is 4.99. The Bertz CT molecular complexity index is 878. The summed E-state index contributed by atoms with van der Waals surface area (Å²) >= 11 is 1.30. The zero-order chi connectivity index (χ0) is 19.3. The normalized spacial score (nSPS) is 11.6. The smallest absolute Gasteiger partial charge is 0.257 e. The van der Waals surface area contributed by atoms with Crippen molar-refractivity contribution in [3.8, 4) is 5.75 Å². The average Bonchev–Trinajstić information content (AvgIpc) is 3.00. The van der Waals surface area contributed by atoms with E-state index in [-0.39, 0.29) is 22.3 Å². The Morgan fingerprint density at radius 2 is 2.04 bits per heavy atom. The molecular formula is C16H22N4O4S2. The quantitative estimate of drug-likeness (QED) is 0.707. The summed E-state index contributed by atoms with van der Waals surface area (Å²) in [6.07, 6.45) is 1.73.